The molecule has 1 aliphatic rings. The van der Waals surface area contributed by atoms with Gasteiger partial charge in [-0.3, -0.25) is 0 Å². The van der Waals surface area contributed by atoms with Crippen LogP contribution in [0.4, 0.5) is 8.78 Å². The monoisotopic (exact) mass is 398 g/mol. The Kier molecular flexibility index (Phi) is 8.05. The summed E-state index contributed by atoms with van der Waals surface area (Å²) in [5.41, 5.74) is 5.25. The molecule has 2 atom stereocenters. The molecule has 0 bridgehead atoms. The van der Waals surface area contributed by atoms with Gasteiger partial charge in [0.05, 0.1) is 4.90 Å². The molecule has 0 amide bonds. The lowest BCUT2D eigenvalue weighted by atomic mass is 9.74. The van der Waals surface area contributed by atoms with Crippen LogP contribution in [0.25, 0.3) is 0 Å². The molecule has 1 fully saturated rings. The molecule has 1 aliphatic carbocycles. The van der Waals surface area contributed by atoms with Gasteiger partial charge in [0.2, 0.25) is 10.0 Å². The summed E-state index contributed by atoms with van der Waals surface area (Å²) in [6, 6.07) is 5.44. The molecule has 5 nitrogen and oxygen atoms in total. The molecule has 0 saturated heterocycles. The minimum absolute atomic E-state index is 0. The summed E-state index contributed by atoms with van der Waals surface area (Å²) in [6.45, 7) is 1.52. The fourth-order valence-electron chi connectivity index (χ4n) is 3.11. The third-order valence-electron chi connectivity index (χ3n) is 4.67. The quantitative estimate of drug-likeness (QED) is 0.739. The van der Waals surface area contributed by atoms with Crippen LogP contribution in [-0.2, 0) is 10.0 Å². The maximum atomic E-state index is 12.7. The van der Waals surface area contributed by atoms with Crippen molar-refractivity contribution in [2.24, 2.45) is 11.7 Å². The van der Waals surface area contributed by atoms with E-state index in [1.165, 1.54) is 24.3 Å². The van der Waals surface area contributed by atoms with E-state index in [0.717, 1.165) is 19.3 Å². The highest BCUT2D eigenvalue weighted by molar-refractivity contribution is 7.89. The SMILES string of the molecule is CC1CCCCC1(CN)NS(=O)(=O)c1ccc(OCC(F)F)cc1.Cl. The zero-order valence-electron chi connectivity index (χ0n) is 14.1. The van der Waals surface area contributed by atoms with Crippen molar-refractivity contribution in [1.82, 2.24) is 4.72 Å². The second-order valence-corrected chi connectivity index (χ2v) is 7.97. The molecular formula is C16H25ClF2N2O3S. The van der Waals surface area contributed by atoms with E-state index in [1.807, 2.05) is 6.92 Å². The van der Waals surface area contributed by atoms with Gasteiger partial charge in [-0.25, -0.2) is 21.9 Å². The zero-order chi connectivity index (χ0) is 17.8. The van der Waals surface area contributed by atoms with E-state index < -0.39 is 28.6 Å². The fraction of sp³-hybridized carbons (Fsp3) is 0.625. The minimum atomic E-state index is -3.75. The number of nitrogens with one attached hydrogen (secondary N) is 1. The van der Waals surface area contributed by atoms with Crippen molar-refractivity contribution in [2.75, 3.05) is 13.2 Å². The summed E-state index contributed by atoms with van der Waals surface area (Å²) in [7, 11) is -3.75. The van der Waals surface area contributed by atoms with Crippen LogP contribution in [-0.4, -0.2) is 33.5 Å². The molecule has 0 aliphatic heterocycles. The highest BCUT2D eigenvalue weighted by Gasteiger charge is 2.40. The molecule has 1 aromatic carbocycles. The molecule has 144 valence electrons. The maximum Gasteiger partial charge on any atom is 0.272 e. The van der Waals surface area contributed by atoms with Gasteiger partial charge in [0.25, 0.3) is 6.43 Å². The molecule has 3 N–H and O–H groups in total. The Morgan fingerprint density at radius 3 is 2.48 bits per heavy atom. The molecule has 0 spiro atoms. The lowest BCUT2D eigenvalue weighted by Gasteiger charge is -2.42. The van der Waals surface area contributed by atoms with Gasteiger partial charge in [-0.15, -0.1) is 12.4 Å². The van der Waals surface area contributed by atoms with Crippen molar-refractivity contribution >= 4 is 22.4 Å². The van der Waals surface area contributed by atoms with E-state index in [4.69, 9.17) is 10.5 Å². The minimum Gasteiger partial charge on any atom is -0.488 e. The molecule has 0 radical (unpaired) electrons. The Balaban J connectivity index is 0.00000312. The van der Waals surface area contributed by atoms with Crippen LogP contribution < -0.4 is 15.2 Å². The lowest BCUT2D eigenvalue weighted by Crippen LogP contribution is -2.58. The second kappa shape index (κ2) is 9.12. The molecule has 1 aromatic rings. The van der Waals surface area contributed by atoms with Crippen molar-refractivity contribution in [3.63, 3.8) is 0 Å². The number of nitrogens with two attached hydrogens (primary N) is 1. The highest BCUT2D eigenvalue weighted by Crippen LogP contribution is 2.34. The van der Waals surface area contributed by atoms with Gasteiger partial charge >= 0.3 is 0 Å². The molecule has 25 heavy (non-hydrogen) atoms. The number of halogens is 3. The smallest absolute Gasteiger partial charge is 0.272 e. The van der Waals surface area contributed by atoms with Crippen LogP contribution >= 0.6 is 12.4 Å². The summed E-state index contributed by atoms with van der Waals surface area (Å²) < 4.78 is 57.2. The highest BCUT2D eigenvalue weighted by atomic mass is 35.5. The normalized spacial score (nSPS) is 24.0. The summed E-state index contributed by atoms with van der Waals surface area (Å²) in [5, 5.41) is 0. The molecule has 0 heterocycles. The first-order chi connectivity index (χ1) is 11.3. The Morgan fingerprint density at radius 1 is 1.32 bits per heavy atom. The van der Waals surface area contributed by atoms with Crippen LogP contribution in [0.2, 0.25) is 0 Å². The number of rotatable bonds is 7. The van der Waals surface area contributed by atoms with Crippen LogP contribution in [0.1, 0.15) is 32.6 Å². The van der Waals surface area contributed by atoms with Crippen molar-refractivity contribution in [3.05, 3.63) is 24.3 Å². The average Bonchev–Trinajstić information content (AvgIpc) is 2.55. The van der Waals surface area contributed by atoms with Gasteiger partial charge in [0, 0.05) is 12.1 Å². The Bertz CT molecular complexity index is 643. The standard InChI is InChI=1S/C16H24F2N2O3S.ClH/c1-12-4-2-3-9-16(12,11-19)20-24(21,22)14-7-5-13(6-8-14)23-10-15(17)18;/h5-8,12,15,20H,2-4,9-11,19H2,1H3;1H. The number of hydrogen-bond acceptors (Lipinski definition) is 4. The Labute approximate surface area is 153 Å². The number of sulfonamides is 1. The third-order valence-corrected chi connectivity index (χ3v) is 6.23. The Morgan fingerprint density at radius 2 is 1.96 bits per heavy atom. The fourth-order valence-corrected chi connectivity index (χ4v) is 4.64. The van der Waals surface area contributed by atoms with E-state index in [9.17, 15) is 17.2 Å². The predicted molar refractivity (Wildman–Crippen MR) is 94.9 cm³/mol. The van der Waals surface area contributed by atoms with Gasteiger partial charge < -0.3 is 10.5 Å². The van der Waals surface area contributed by atoms with E-state index >= 15 is 0 Å². The summed E-state index contributed by atoms with van der Waals surface area (Å²) >= 11 is 0. The summed E-state index contributed by atoms with van der Waals surface area (Å²) in [6.07, 6.45) is 1.07. The molecular weight excluding hydrogens is 374 g/mol. The average molecular weight is 399 g/mol. The first-order valence-electron chi connectivity index (χ1n) is 8.04. The molecule has 0 aromatic heterocycles. The summed E-state index contributed by atoms with van der Waals surface area (Å²) in [5.74, 6) is 0.355. The summed E-state index contributed by atoms with van der Waals surface area (Å²) in [4.78, 5) is 0.0671. The van der Waals surface area contributed by atoms with Gasteiger partial charge in [0.1, 0.15) is 12.4 Å². The van der Waals surface area contributed by atoms with Gasteiger partial charge in [0.15, 0.2) is 0 Å². The van der Waals surface area contributed by atoms with Crippen molar-refractivity contribution in [1.29, 1.82) is 0 Å². The maximum absolute atomic E-state index is 12.7. The number of alkyl halides is 2. The number of benzene rings is 1. The van der Waals surface area contributed by atoms with E-state index in [2.05, 4.69) is 4.72 Å². The molecule has 9 heteroatoms. The molecule has 1 saturated carbocycles. The lowest BCUT2D eigenvalue weighted by molar-refractivity contribution is 0.0819. The molecule has 2 unspecified atom stereocenters. The molecule has 2 rings (SSSR count). The van der Waals surface area contributed by atoms with Crippen LogP contribution in [0.5, 0.6) is 5.75 Å². The number of hydrogen-bond donors (Lipinski definition) is 2. The van der Waals surface area contributed by atoms with Crippen molar-refractivity contribution in [2.45, 2.75) is 49.5 Å². The van der Waals surface area contributed by atoms with Crippen molar-refractivity contribution in [3.8, 4) is 5.75 Å². The van der Waals surface area contributed by atoms with Crippen LogP contribution in [0, 0.1) is 5.92 Å². The topological polar surface area (TPSA) is 81.4 Å². The van der Waals surface area contributed by atoms with Gasteiger partial charge in [-0.1, -0.05) is 19.8 Å². The Hall–Kier alpha value is -0.960. The first kappa shape index (κ1) is 22.1. The van der Waals surface area contributed by atoms with Gasteiger partial charge in [-0.05, 0) is 43.0 Å². The zero-order valence-corrected chi connectivity index (χ0v) is 15.7. The first-order valence-corrected chi connectivity index (χ1v) is 9.52. The third kappa shape index (κ3) is 5.51. The van der Waals surface area contributed by atoms with Crippen LogP contribution in [0.3, 0.4) is 0 Å². The van der Waals surface area contributed by atoms with E-state index in [0.29, 0.717) is 6.42 Å². The second-order valence-electron chi connectivity index (χ2n) is 6.29. The van der Waals surface area contributed by atoms with Crippen LogP contribution in [0.15, 0.2) is 29.2 Å². The predicted octanol–water partition coefficient (Wildman–Crippen LogP) is 2.94. The van der Waals surface area contributed by atoms with E-state index in [1.54, 1.807) is 0 Å². The van der Waals surface area contributed by atoms with E-state index in [-0.39, 0.29) is 35.5 Å². The number of ether oxygens (including phenoxy) is 1. The van der Waals surface area contributed by atoms with Gasteiger partial charge in [-0.2, -0.15) is 0 Å². The van der Waals surface area contributed by atoms with Crippen molar-refractivity contribution < 1.29 is 21.9 Å². The largest absolute Gasteiger partial charge is 0.488 e.